The molecule has 0 fully saturated rings. The molecule has 0 spiro atoms. The van der Waals surface area contributed by atoms with Gasteiger partial charge >= 0.3 is 0 Å². The van der Waals surface area contributed by atoms with Gasteiger partial charge in [-0.1, -0.05) is 13.8 Å². The van der Waals surface area contributed by atoms with Gasteiger partial charge in [0.15, 0.2) is 0 Å². The number of aromatic amines is 1. The van der Waals surface area contributed by atoms with Gasteiger partial charge in [-0.2, -0.15) is 0 Å². The Hall–Kier alpha value is -1.20. The van der Waals surface area contributed by atoms with E-state index >= 15 is 0 Å². The minimum atomic E-state index is -0.542. The maximum absolute atomic E-state index is 11.6. The molecule has 0 aromatic carbocycles. The number of hydrogen-bond donors (Lipinski definition) is 2. The fourth-order valence-electron chi connectivity index (χ4n) is 1.65. The molecule has 0 radical (unpaired) electrons. The molecule has 5 heteroatoms. The van der Waals surface area contributed by atoms with Crippen LogP contribution >= 0.6 is 0 Å². The van der Waals surface area contributed by atoms with Crippen LogP contribution < -0.4 is 10.9 Å². The van der Waals surface area contributed by atoms with Crippen LogP contribution in [-0.4, -0.2) is 23.6 Å². The Morgan fingerprint density at radius 2 is 2.22 bits per heavy atom. The molecular weight excluding hydrogens is 230 g/mol. The topological polar surface area (TPSA) is 67.0 Å². The van der Waals surface area contributed by atoms with Crippen LogP contribution in [0, 0.1) is 0 Å². The number of hydrogen-bond acceptors (Lipinski definition) is 4. The molecule has 0 bridgehead atoms. The molecule has 1 aromatic rings. The van der Waals surface area contributed by atoms with E-state index in [2.05, 4.69) is 22.2 Å². The predicted molar refractivity (Wildman–Crippen MR) is 71.5 cm³/mol. The van der Waals surface area contributed by atoms with Gasteiger partial charge in [-0.3, -0.25) is 4.79 Å². The maximum atomic E-state index is 11.6. The molecule has 2 N–H and O–H groups in total. The van der Waals surface area contributed by atoms with Crippen molar-refractivity contribution >= 4 is 0 Å². The van der Waals surface area contributed by atoms with Gasteiger partial charge in [0.2, 0.25) is 0 Å². The van der Waals surface area contributed by atoms with Gasteiger partial charge in [0.1, 0.15) is 11.4 Å². The SMILES string of the molecule is CCCNCc1cc(=O)[nH]c(C(C)(CC)OC)n1. The van der Waals surface area contributed by atoms with E-state index in [1.165, 1.54) is 6.07 Å². The molecule has 5 nitrogen and oxygen atoms in total. The zero-order chi connectivity index (χ0) is 13.6. The molecule has 1 unspecified atom stereocenters. The van der Waals surface area contributed by atoms with Gasteiger partial charge in [0.05, 0.1) is 5.69 Å². The Morgan fingerprint density at radius 3 is 2.78 bits per heavy atom. The third kappa shape index (κ3) is 3.65. The Morgan fingerprint density at radius 1 is 1.50 bits per heavy atom. The molecule has 18 heavy (non-hydrogen) atoms. The van der Waals surface area contributed by atoms with Crippen molar-refractivity contribution in [3.63, 3.8) is 0 Å². The lowest BCUT2D eigenvalue weighted by Gasteiger charge is -2.25. The summed E-state index contributed by atoms with van der Waals surface area (Å²) in [5.41, 5.74) is 0.0730. The zero-order valence-corrected chi connectivity index (χ0v) is 11.7. The van der Waals surface area contributed by atoms with Gasteiger partial charge in [-0.15, -0.1) is 0 Å². The molecule has 0 amide bonds. The van der Waals surface area contributed by atoms with Gasteiger partial charge in [0, 0.05) is 19.7 Å². The van der Waals surface area contributed by atoms with Gasteiger partial charge in [0.25, 0.3) is 5.56 Å². The smallest absolute Gasteiger partial charge is 0.251 e. The van der Waals surface area contributed by atoms with Gasteiger partial charge < -0.3 is 15.0 Å². The van der Waals surface area contributed by atoms with Crippen molar-refractivity contribution in [2.45, 2.75) is 45.8 Å². The molecule has 1 heterocycles. The maximum Gasteiger partial charge on any atom is 0.251 e. The zero-order valence-electron chi connectivity index (χ0n) is 11.7. The van der Waals surface area contributed by atoms with E-state index in [4.69, 9.17) is 4.74 Å². The molecule has 0 saturated heterocycles. The number of methoxy groups -OCH3 is 1. The highest BCUT2D eigenvalue weighted by molar-refractivity contribution is 5.08. The second-order valence-corrected chi connectivity index (χ2v) is 4.55. The summed E-state index contributed by atoms with van der Waals surface area (Å²) in [5, 5.41) is 3.24. The van der Waals surface area contributed by atoms with Crippen LogP contribution in [0.15, 0.2) is 10.9 Å². The van der Waals surface area contributed by atoms with Crippen molar-refractivity contribution in [3.05, 3.63) is 27.9 Å². The Kier molecular flexibility index (Phi) is 5.50. The van der Waals surface area contributed by atoms with E-state index in [-0.39, 0.29) is 5.56 Å². The Balaban J connectivity index is 2.97. The first kappa shape index (κ1) is 14.9. The fraction of sp³-hybridized carbons (Fsp3) is 0.692. The highest BCUT2D eigenvalue weighted by Gasteiger charge is 2.27. The minimum Gasteiger partial charge on any atom is -0.371 e. The number of H-pyrrole nitrogens is 1. The summed E-state index contributed by atoms with van der Waals surface area (Å²) >= 11 is 0. The second-order valence-electron chi connectivity index (χ2n) is 4.55. The van der Waals surface area contributed by atoms with Gasteiger partial charge in [-0.05, 0) is 26.3 Å². The summed E-state index contributed by atoms with van der Waals surface area (Å²) in [6.07, 6.45) is 1.80. The van der Waals surface area contributed by atoms with E-state index in [1.54, 1.807) is 7.11 Å². The van der Waals surface area contributed by atoms with E-state index < -0.39 is 5.60 Å². The number of nitrogens with one attached hydrogen (secondary N) is 2. The normalized spacial score (nSPS) is 14.4. The lowest BCUT2D eigenvalue weighted by molar-refractivity contribution is -0.00936. The van der Waals surface area contributed by atoms with Crippen molar-refractivity contribution < 1.29 is 4.74 Å². The standard InChI is InChI=1S/C13H23N3O2/c1-5-7-14-9-10-8-11(17)16-12(15-10)13(3,6-2)18-4/h8,14H,5-7,9H2,1-4H3,(H,15,16,17). The molecule has 1 rings (SSSR count). The largest absolute Gasteiger partial charge is 0.371 e. The Bertz CT molecular complexity index is 424. The highest BCUT2D eigenvalue weighted by Crippen LogP contribution is 2.24. The first-order chi connectivity index (χ1) is 8.55. The van der Waals surface area contributed by atoms with E-state index in [1.807, 2.05) is 13.8 Å². The van der Waals surface area contributed by atoms with Crippen LogP contribution in [0.3, 0.4) is 0 Å². The lowest BCUT2D eigenvalue weighted by Crippen LogP contribution is -2.30. The van der Waals surface area contributed by atoms with Gasteiger partial charge in [-0.25, -0.2) is 4.98 Å². The quantitative estimate of drug-likeness (QED) is 0.723. The number of ether oxygens (including phenoxy) is 1. The first-order valence-corrected chi connectivity index (χ1v) is 6.42. The number of nitrogens with zero attached hydrogens (tertiary/aromatic N) is 1. The van der Waals surface area contributed by atoms with E-state index in [9.17, 15) is 4.79 Å². The van der Waals surface area contributed by atoms with Crippen LogP contribution in [0.25, 0.3) is 0 Å². The third-order valence-corrected chi connectivity index (χ3v) is 3.15. The van der Waals surface area contributed by atoms with Crippen molar-refractivity contribution in [1.82, 2.24) is 15.3 Å². The molecule has 0 aliphatic heterocycles. The fourth-order valence-corrected chi connectivity index (χ4v) is 1.65. The molecular formula is C13H23N3O2. The summed E-state index contributed by atoms with van der Waals surface area (Å²) in [6, 6.07) is 1.53. The number of rotatable bonds is 7. The van der Waals surface area contributed by atoms with E-state index in [0.29, 0.717) is 12.4 Å². The molecule has 1 aromatic heterocycles. The summed E-state index contributed by atoms with van der Waals surface area (Å²) in [5.74, 6) is 0.591. The van der Waals surface area contributed by atoms with Crippen molar-refractivity contribution in [1.29, 1.82) is 0 Å². The average Bonchev–Trinajstić information content (AvgIpc) is 2.37. The molecule has 1 atom stereocenters. The highest BCUT2D eigenvalue weighted by atomic mass is 16.5. The van der Waals surface area contributed by atoms with Crippen LogP contribution in [0.4, 0.5) is 0 Å². The number of aromatic nitrogens is 2. The summed E-state index contributed by atoms with van der Waals surface area (Å²) in [4.78, 5) is 18.9. The molecule has 0 aliphatic rings. The first-order valence-electron chi connectivity index (χ1n) is 6.42. The molecule has 102 valence electrons. The van der Waals surface area contributed by atoms with Crippen LogP contribution in [0.1, 0.15) is 45.1 Å². The third-order valence-electron chi connectivity index (χ3n) is 3.15. The van der Waals surface area contributed by atoms with Crippen LogP contribution in [0.2, 0.25) is 0 Å². The van der Waals surface area contributed by atoms with Crippen LogP contribution in [-0.2, 0) is 16.9 Å². The second kappa shape index (κ2) is 6.66. The monoisotopic (exact) mass is 253 g/mol. The Labute approximate surface area is 108 Å². The predicted octanol–water partition coefficient (Wildman–Crippen LogP) is 1.54. The summed E-state index contributed by atoms with van der Waals surface area (Å²) < 4.78 is 5.46. The van der Waals surface area contributed by atoms with Crippen molar-refractivity contribution in [3.8, 4) is 0 Å². The molecule has 0 saturated carbocycles. The summed E-state index contributed by atoms with van der Waals surface area (Å²) in [6.45, 7) is 7.55. The van der Waals surface area contributed by atoms with E-state index in [0.717, 1.165) is 25.1 Å². The summed E-state index contributed by atoms with van der Waals surface area (Å²) in [7, 11) is 1.63. The average molecular weight is 253 g/mol. The lowest BCUT2D eigenvalue weighted by atomic mass is 10.0. The van der Waals surface area contributed by atoms with Crippen molar-refractivity contribution in [2.75, 3.05) is 13.7 Å². The van der Waals surface area contributed by atoms with Crippen LogP contribution in [0.5, 0.6) is 0 Å². The molecule has 0 aliphatic carbocycles. The minimum absolute atomic E-state index is 0.134. The van der Waals surface area contributed by atoms with Crippen molar-refractivity contribution in [2.24, 2.45) is 0 Å².